The Hall–Kier alpha value is -3.19. The van der Waals surface area contributed by atoms with Crippen LogP contribution in [0.25, 0.3) is 10.9 Å². The molecular formula is C24H26FN3O3. The van der Waals surface area contributed by atoms with Crippen molar-refractivity contribution in [1.82, 2.24) is 9.47 Å². The second-order valence-electron chi connectivity index (χ2n) is 7.82. The molecule has 7 heteroatoms. The van der Waals surface area contributed by atoms with Gasteiger partial charge in [-0.05, 0) is 31.7 Å². The molecule has 1 saturated heterocycles. The van der Waals surface area contributed by atoms with Crippen LogP contribution in [0.2, 0.25) is 0 Å². The van der Waals surface area contributed by atoms with E-state index in [1.54, 1.807) is 13.0 Å². The van der Waals surface area contributed by atoms with Crippen LogP contribution >= 0.6 is 0 Å². The summed E-state index contributed by atoms with van der Waals surface area (Å²) in [6, 6.07) is 12.7. The van der Waals surface area contributed by atoms with E-state index in [1.165, 1.54) is 12.3 Å². The zero-order chi connectivity index (χ0) is 22.0. The molecule has 1 aromatic heterocycles. The van der Waals surface area contributed by atoms with Gasteiger partial charge in [0.25, 0.3) is 0 Å². The molecule has 0 aliphatic carbocycles. The number of carbonyl (C=O) groups is 1. The minimum Gasteiger partial charge on any atom is -0.462 e. The van der Waals surface area contributed by atoms with Gasteiger partial charge in [-0.15, -0.1) is 0 Å². The summed E-state index contributed by atoms with van der Waals surface area (Å²) in [6.45, 7) is 5.39. The molecule has 0 N–H and O–H groups in total. The first-order valence-electron chi connectivity index (χ1n) is 10.5. The molecule has 2 aromatic carbocycles. The summed E-state index contributed by atoms with van der Waals surface area (Å²) in [5, 5.41) is 0.178. The average Bonchev–Trinajstić information content (AvgIpc) is 2.77. The Kier molecular flexibility index (Phi) is 6.04. The number of pyridine rings is 1. The first-order valence-corrected chi connectivity index (χ1v) is 10.5. The van der Waals surface area contributed by atoms with E-state index in [0.717, 1.165) is 18.7 Å². The molecule has 2 heterocycles. The molecular weight excluding hydrogens is 397 g/mol. The summed E-state index contributed by atoms with van der Waals surface area (Å²) in [4.78, 5) is 29.6. The number of hydrogen-bond acceptors (Lipinski definition) is 5. The number of rotatable bonds is 5. The molecule has 31 heavy (non-hydrogen) atoms. The lowest BCUT2D eigenvalue weighted by atomic mass is 10.1. The zero-order valence-electron chi connectivity index (χ0n) is 17.8. The number of fused-ring (bicyclic) bond motifs is 1. The van der Waals surface area contributed by atoms with Gasteiger partial charge in [0.1, 0.15) is 11.4 Å². The number of likely N-dealkylation sites (N-methyl/N-ethyl adjacent to an activating group) is 1. The Balaban J connectivity index is 1.87. The third kappa shape index (κ3) is 4.32. The van der Waals surface area contributed by atoms with Gasteiger partial charge in [-0.1, -0.05) is 30.3 Å². The molecule has 0 atom stereocenters. The molecule has 162 valence electrons. The number of nitrogens with zero attached hydrogens (tertiary/aromatic N) is 3. The Morgan fingerprint density at radius 3 is 2.48 bits per heavy atom. The second kappa shape index (κ2) is 8.89. The van der Waals surface area contributed by atoms with Crippen LogP contribution in [-0.2, 0) is 11.3 Å². The number of benzene rings is 2. The van der Waals surface area contributed by atoms with Crippen LogP contribution in [0.3, 0.4) is 0 Å². The van der Waals surface area contributed by atoms with Gasteiger partial charge in [0, 0.05) is 44.3 Å². The fraction of sp³-hybridized carbons (Fsp3) is 0.333. The summed E-state index contributed by atoms with van der Waals surface area (Å²) in [7, 11) is 2.04. The fourth-order valence-electron chi connectivity index (χ4n) is 3.95. The molecule has 1 aliphatic heterocycles. The molecule has 0 radical (unpaired) electrons. The average molecular weight is 423 g/mol. The summed E-state index contributed by atoms with van der Waals surface area (Å²) >= 11 is 0. The lowest BCUT2D eigenvalue weighted by Crippen LogP contribution is -2.44. The quantitative estimate of drug-likeness (QED) is 0.591. The molecule has 4 rings (SSSR count). The molecule has 1 fully saturated rings. The Bertz CT molecular complexity index is 1150. The number of aromatic nitrogens is 1. The SMILES string of the molecule is CCOC(=O)c1cn(Cc2ccccc2)c2cc(N3CCN(C)CC3)c(F)cc2c1=O. The molecule has 3 aromatic rings. The molecule has 0 bridgehead atoms. The zero-order valence-corrected chi connectivity index (χ0v) is 17.8. The number of piperazine rings is 1. The van der Waals surface area contributed by atoms with Crippen LogP contribution in [0.4, 0.5) is 10.1 Å². The van der Waals surface area contributed by atoms with Crippen LogP contribution in [-0.4, -0.2) is 55.3 Å². The predicted molar refractivity (Wildman–Crippen MR) is 119 cm³/mol. The van der Waals surface area contributed by atoms with Gasteiger partial charge < -0.3 is 19.1 Å². The molecule has 1 aliphatic rings. The number of halogens is 1. The molecule has 0 amide bonds. The number of hydrogen-bond donors (Lipinski definition) is 0. The van der Waals surface area contributed by atoms with Crippen molar-refractivity contribution < 1.29 is 13.9 Å². The van der Waals surface area contributed by atoms with Crippen molar-refractivity contribution >= 4 is 22.6 Å². The highest BCUT2D eigenvalue weighted by atomic mass is 19.1. The minimum absolute atomic E-state index is 0.0861. The molecule has 6 nitrogen and oxygen atoms in total. The standard InChI is InChI=1S/C24H26FN3O3/c1-3-31-24(30)19-16-28(15-17-7-5-4-6-8-17)21-14-22(20(25)13-18(21)23(19)29)27-11-9-26(2)10-12-27/h4-8,13-14,16H,3,9-12,15H2,1-2H3. The third-order valence-electron chi connectivity index (χ3n) is 5.68. The van der Waals surface area contributed by atoms with Crippen LogP contribution in [0.1, 0.15) is 22.8 Å². The molecule has 0 saturated carbocycles. The Morgan fingerprint density at radius 2 is 1.81 bits per heavy atom. The van der Waals surface area contributed by atoms with Gasteiger partial charge in [-0.3, -0.25) is 4.79 Å². The van der Waals surface area contributed by atoms with Crippen molar-refractivity contribution in [3.8, 4) is 0 Å². The van der Waals surface area contributed by atoms with Gasteiger partial charge in [-0.2, -0.15) is 0 Å². The monoisotopic (exact) mass is 423 g/mol. The van der Waals surface area contributed by atoms with Gasteiger partial charge in [-0.25, -0.2) is 9.18 Å². The van der Waals surface area contributed by atoms with Crippen molar-refractivity contribution in [3.05, 3.63) is 75.8 Å². The van der Waals surface area contributed by atoms with E-state index in [2.05, 4.69) is 4.90 Å². The maximum absolute atomic E-state index is 15.1. The van der Waals surface area contributed by atoms with Gasteiger partial charge >= 0.3 is 5.97 Å². The summed E-state index contributed by atoms with van der Waals surface area (Å²) < 4.78 is 22.0. The van der Waals surface area contributed by atoms with E-state index in [0.29, 0.717) is 30.8 Å². The maximum Gasteiger partial charge on any atom is 0.343 e. The van der Waals surface area contributed by atoms with E-state index in [4.69, 9.17) is 4.74 Å². The van der Waals surface area contributed by atoms with Crippen molar-refractivity contribution in [1.29, 1.82) is 0 Å². The van der Waals surface area contributed by atoms with E-state index in [9.17, 15) is 9.59 Å². The highest BCUT2D eigenvalue weighted by Gasteiger charge is 2.22. The van der Waals surface area contributed by atoms with E-state index >= 15 is 4.39 Å². The minimum atomic E-state index is -0.695. The predicted octanol–water partition coefficient (Wildman–Crippen LogP) is 3.12. The maximum atomic E-state index is 15.1. The largest absolute Gasteiger partial charge is 0.462 e. The number of carbonyl (C=O) groups excluding carboxylic acids is 1. The molecule has 0 spiro atoms. The van der Waals surface area contributed by atoms with Crippen LogP contribution < -0.4 is 10.3 Å². The topological polar surface area (TPSA) is 54.8 Å². The van der Waals surface area contributed by atoms with Crippen LogP contribution in [0.15, 0.2) is 53.5 Å². The van der Waals surface area contributed by atoms with Gasteiger partial charge in [0.05, 0.1) is 17.8 Å². The smallest absolute Gasteiger partial charge is 0.343 e. The Labute approximate surface area is 180 Å². The summed E-state index contributed by atoms with van der Waals surface area (Å²) in [6.07, 6.45) is 1.53. The number of anilines is 1. The first kappa shape index (κ1) is 21.1. The van der Waals surface area contributed by atoms with Crippen molar-refractivity contribution in [2.75, 3.05) is 44.7 Å². The Morgan fingerprint density at radius 1 is 1.10 bits per heavy atom. The highest BCUT2D eigenvalue weighted by Crippen LogP contribution is 2.27. The number of esters is 1. The van der Waals surface area contributed by atoms with Gasteiger partial charge in [0.15, 0.2) is 0 Å². The summed E-state index contributed by atoms with van der Waals surface area (Å²) in [5.41, 5.74) is 1.48. The third-order valence-corrected chi connectivity index (χ3v) is 5.68. The lowest BCUT2D eigenvalue weighted by Gasteiger charge is -2.34. The van der Waals surface area contributed by atoms with Crippen molar-refractivity contribution in [3.63, 3.8) is 0 Å². The van der Waals surface area contributed by atoms with E-state index < -0.39 is 17.2 Å². The van der Waals surface area contributed by atoms with Gasteiger partial charge in [0.2, 0.25) is 5.43 Å². The highest BCUT2D eigenvalue weighted by molar-refractivity contribution is 5.94. The molecule has 0 unspecified atom stereocenters. The first-order chi connectivity index (χ1) is 15.0. The second-order valence-corrected chi connectivity index (χ2v) is 7.82. The van der Waals surface area contributed by atoms with Crippen molar-refractivity contribution in [2.45, 2.75) is 13.5 Å². The fourth-order valence-corrected chi connectivity index (χ4v) is 3.95. The van der Waals surface area contributed by atoms with Crippen LogP contribution in [0, 0.1) is 5.82 Å². The number of ether oxygens (including phenoxy) is 1. The summed E-state index contributed by atoms with van der Waals surface area (Å²) in [5.74, 6) is -1.15. The lowest BCUT2D eigenvalue weighted by molar-refractivity contribution is 0.0524. The van der Waals surface area contributed by atoms with Crippen LogP contribution in [0.5, 0.6) is 0 Å². The van der Waals surface area contributed by atoms with Crippen molar-refractivity contribution in [2.24, 2.45) is 0 Å². The van der Waals surface area contributed by atoms with E-state index in [1.807, 2.05) is 46.8 Å². The normalized spacial score (nSPS) is 14.7. The van der Waals surface area contributed by atoms with E-state index in [-0.39, 0.29) is 17.6 Å².